The SMILES string of the molecule is C[C@@H](CC(F)(F)F)NC(=O)OC1CC(c2cnc(Nc3cc(CS(C)(=O)=O)ccn3)nc2)C1. The van der Waals surface area contributed by atoms with Crippen molar-refractivity contribution in [3.63, 3.8) is 0 Å². The van der Waals surface area contributed by atoms with E-state index in [0.717, 1.165) is 11.8 Å². The Hall–Kier alpha value is -2.96. The number of ether oxygens (including phenoxy) is 1. The molecule has 33 heavy (non-hydrogen) atoms. The summed E-state index contributed by atoms with van der Waals surface area (Å²) in [4.78, 5) is 24.3. The molecule has 0 aromatic carbocycles. The molecule has 3 rings (SSSR count). The summed E-state index contributed by atoms with van der Waals surface area (Å²) in [5.41, 5.74) is 1.43. The molecule has 0 radical (unpaired) electrons. The van der Waals surface area contributed by atoms with Crippen LogP contribution in [0.5, 0.6) is 0 Å². The van der Waals surface area contributed by atoms with Crippen molar-refractivity contribution in [1.29, 1.82) is 0 Å². The fourth-order valence-electron chi connectivity index (χ4n) is 3.38. The van der Waals surface area contributed by atoms with Gasteiger partial charge in [-0.1, -0.05) is 0 Å². The second-order valence-electron chi connectivity index (χ2n) is 8.14. The molecule has 13 heteroatoms. The lowest BCUT2D eigenvalue weighted by molar-refractivity contribution is -0.138. The van der Waals surface area contributed by atoms with Gasteiger partial charge in [0.2, 0.25) is 5.95 Å². The van der Waals surface area contributed by atoms with E-state index in [1.165, 1.54) is 13.1 Å². The molecule has 0 bridgehead atoms. The maximum atomic E-state index is 12.3. The first kappa shape index (κ1) is 24.7. The van der Waals surface area contributed by atoms with Gasteiger partial charge >= 0.3 is 12.3 Å². The Labute approximate surface area is 189 Å². The van der Waals surface area contributed by atoms with E-state index in [9.17, 15) is 26.4 Å². The smallest absolute Gasteiger partial charge is 0.407 e. The molecule has 0 unspecified atom stereocenters. The normalized spacial score (nSPS) is 19.3. The van der Waals surface area contributed by atoms with Crippen molar-refractivity contribution < 1.29 is 31.1 Å². The third kappa shape index (κ3) is 8.15. The summed E-state index contributed by atoms with van der Waals surface area (Å²) in [7, 11) is -3.17. The highest BCUT2D eigenvalue weighted by atomic mass is 32.2. The quantitative estimate of drug-likeness (QED) is 0.580. The Morgan fingerprint density at radius 3 is 2.52 bits per heavy atom. The minimum absolute atomic E-state index is 0.0701. The van der Waals surface area contributed by atoms with Gasteiger partial charge in [0.05, 0.1) is 12.2 Å². The molecule has 1 atom stereocenters. The van der Waals surface area contributed by atoms with Crippen LogP contribution >= 0.6 is 0 Å². The fraction of sp³-hybridized carbons (Fsp3) is 0.500. The number of nitrogens with zero attached hydrogens (tertiary/aromatic N) is 3. The van der Waals surface area contributed by atoms with Crippen LogP contribution in [-0.2, 0) is 20.3 Å². The Balaban J connectivity index is 1.46. The number of carbonyl (C=O) groups excluding carboxylic acids is 1. The summed E-state index contributed by atoms with van der Waals surface area (Å²) >= 11 is 0. The van der Waals surface area contributed by atoms with Crippen LogP contribution in [0.15, 0.2) is 30.7 Å². The second-order valence-corrected chi connectivity index (χ2v) is 10.3. The average Bonchev–Trinajstić information content (AvgIpc) is 2.62. The lowest BCUT2D eigenvalue weighted by atomic mass is 9.78. The number of alkyl carbamates (subject to hydrolysis) is 1. The third-order valence-corrected chi connectivity index (χ3v) is 5.76. The maximum absolute atomic E-state index is 12.3. The van der Waals surface area contributed by atoms with Gasteiger partial charge in [0.25, 0.3) is 0 Å². The number of amides is 1. The van der Waals surface area contributed by atoms with Gasteiger partial charge in [-0.2, -0.15) is 13.2 Å². The third-order valence-electron chi connectivity index (χ3n) is 4.91. The van der Waals surface area contributed by atoms with E-state index in [4.69, 9.17) is 4.74 Å². The number of hydrogen-bond acceptors (Lipinski definition) is 8. The summed E-state index contributed by atoms with van der Waals surface area (Å²) in [6.07, 6.45) is 0.215. The van der Waals surface area contributed by atoms with E-state index < -0.39 is 34.6 Å². The molecule has 0 spiro atoms. The number of pyridine rings is 1. The van der Waals surface area contributed by atoms with Crippen molar-refractivity contribution in [2.75, 3.05) is 11.6 Å². The minimum Gasteiger partial charge on any atom is -0.446 e. The number of carbonyl (C=O) groups is 1. The Morgan fingerprint density at radius 1 is 1.24 bits per heavy atom. The molecule has 1 amide bonds. The van der Waals surface area contributed by atoms with E-state index in [-0.39, 0.29) is 23.7 Å². The second kappa shape index (κ2) is 9.89. The number of nitrogens with one attached hydrogen (secondary N) is 2. The molecule has 180 valence electrons. The summed E-state index contributed by atoms with van der Waals surface area (Å²) < 4.78 is 65.0. The van der Waals surface area contributed by atoms with Gasteiger partial charge in [-0.15, -0.1) is 0 Å². The van der Waals surface area contributed by atoms with Gasteiger partial charge in [0.1, 0.15) is 11.9 Å². The predicted molar refractivity (Wildman–Crippen MR) is 114 cm³/mol. The molecule has 2 aromatic heterocycles. The number of halogens is 3. The van der Waals surface area contributed by atoms with Gasteiger partial charge in [0, 0.05) is 30.9 Å². The average molecular weight is 488 g/mol. The zero-order valence-electron chi connectivity index (χ0n) is 18.0. The molecule has 2 aromatic rings. The lowest BCUT2D eigenvalue weighted by Gasteiger charge is -2.34. The highest BCUT2D eigenvalue weighted by Crippen LogP contribution is 2.38. The number of rotatable bonds is 8. The van der Waals surface area contributed by atoms with Crippen molar-refractivity contribution in [1.82, 2.24) is 20.3 Å². The highest BCUT2D eigenvalue weighted by molar-refractivity contribution is 7.89. The number of anilines is 2. The van der Waals surface area contributed by atoms with Gasteiger partial charge in [-0.25, -0.2) is 28.2 Å². The van der Waals surface area contributed by atoms with Crippen molar-refractivity contribution in [2.45, 2.75) is 56.2 Å². The van der Waals surface area contributed by atoms with Gasteiger partial charge < -0.3 is 15.4 Å². The van der Waals surface area contributed by atoms with E-state index >= 15 is 0 Å². The molecule has 1 aliphatic rings. The Bertz CT molecular complexity index is 1070. The minimum atomic E-state index is -4.36. The molecule has 1 aliphatic carbocycles. The molecule has 2 N–H and O–H groups in total. The molecule has 0 aliphatic heterocycles. The lowest BCUT2D eigenvalue weighted by Crippen LogP contribution is -2.40. The molecule has 1 fully saturated rings. The number of alkyl halides is 3. The first-order valence-electron chi connectivity index (χ1n) is 10.1. The van der Waals surface area contributed by atoms with E-state index in [0.29, 0.717) is 24.2 Å². The number of aromatic nitrogens is 3. The summed E-state index contributed by atoms with van der Waals surface area (Å²) in [6, 6.07) is 2.15. The fourth-order valence-corrected chi connectivity index (χ4v) is 4.17. The van der Waals surface area contributed by atoms with Crippen molar-refractivity contribution in [3.05, 3.63) is 41.9 Å². The largest absolute Gasteiger partial charge is 0.446 e. The molecule has 9 nitrogen and oxygen atoms in total. The predicted octanol–water partition coefficient (Wildman–Crippen LogP) is 3.47. The maximum Gasteiger partial charge on any atom is 0.407 e. The molecule has 0 saturated heterocycles. The van der Waals surface area contributed by atoms with Crippen LogP contribution < -0.4 is 10.6 Å². The topological polar surface area (TPSA) is 123 Å². The van der Waals surface area contributed by atoms with Gasteiger partial charge in [-0.05, 0) is 48.9 Å². The number of sulfone groups is 1. The Morgan fingerprint density at radius 2 is 1.91 bits per heavy atom. The first-order valence-corrected chi connectivity index (χ1v) is 12.2. The standard InChI is InChI=1S/C20H24F3N5O4S/c1-12(8-20(21,22)23)27-19(29)32-16-6-14(7-16)15-9-25-18(26-10-15)28-17-5-13(3-4-24-17)11-33(2,30)31/h3-5,9-10,12,14,16H,6-8,11H2,1-2H3,(H,27,29)(H,24,25,26,28)/t12-,14?,16?/m0/s1. The summed E-state index contributed by atoms with van der Waals surface area (Å²) in [5.74, 6) is 0.661. The van der Waals surface area contributed by atoms with Crippen LogP contribution in [-0.4, -0.2) is 54.0 Å². The van der Waals surface area contributed by atoms with E-state index in [2.05, 4.69) is 25.6 Å². The van der Waals surface area contributed by atoms with Crippen molar-refractivity contribution >= 4 is 27.7 Å². The first-order chi connectivity index (χ1) is 15.4. The van der Waals surface area contributed by atoms with E-state index in [1.54, 1.807) is 24.5 Å². The summed E-state index contributed by atoms with van der Waals surface area (Å²) in [5, 5.41) is 5.10. The van der Waals surface area contributed by atoms with Crippen LogP contribution in [0.4, 0.5) is 29.7 Å². The van der Waals surface area contributed by atoms with Crippen LogP contribution in [0.1, 0.15) is 43.2 Å². The zero-order valence-corrected chi connectivity index (χ0v) is 18.8. The summed E-state index contributed by atoms with van der Waals surface area (Å²) in [6.45, 7) is 1.27. The van der Waals surface area contributed by atoms with Gasteiger partial charge in [-0.3, -0.25) is 0 Å². The molecule has 1 saturated carbocycles. The van der Waals surface area contributed by atoms with Crippen LogP contribution in [0.2, 0.25) is 0 Å². The van der Waals surface area contributed by atoms with Gasteiger partial charge in [0.15, 0.2) is 9.84 Å². The van der Waals surface area contributed by atoms with E-state index in [1.807, 2.05) is 0 Å². The van der Waals surface area contributed by atoms with Crippen LogP contribution in [0.25, 0.3) is 0 Å². The highest BCUT2D eigenvalue weighted by Gasteiger charge is 2.35. The molecular formula is C20H24F3N5O4S. The Kier molecular flexibility index (Phi) is 7.40. The zero-order chi connectivity index (χ0) is 24.2. The molecule has 2 heterocycles. The monoisotopic (exact) mass is 487 g/mol. The number of hydrogen-bond donors (Lipinski definition) is 2. The van der Waals surface area contributed by atoms with Crippen LogP contribution in [0.3, 0.4) is 0 Å². The van der Waals surface area contributed by atoms with Crippen molar-refractivity contribution in [2.24, 2.45) is 0 Å². The molecular weight excluding hydrogens is 463 g/mol. The van der Waals surface area contributed by atoms with Crippen molar-refractivity contribution in [3.8, 4) is 0 Å². The van der Waals surface area contributed by atoms with Crippen LogP contribution in [0, 0.1) is 0 Å².